The van der Waals surface area contributed by atoms with E-state index >= 15 is 0 Å². The first-order valence-electron chi connectivity index (χ1n) is 9.56. The molecule has 4 heteroatoms. The van der Waals surface area contributed by atoms with E-state index in [1.807, 2.05) is 24.4 Å². The number of methoxy groups -OCH3 is 1. The minimum absolute atomic E-state index is 0.123. The maximum Gasteiger partial charge on any atom is 0.331 e. The number of carbonyl (C=O) groups is 1. The van der Waals surface area contributed by atoms with Crippen LogP contribution in [0.25, 0.3) is 22.0 Å². The van der Waals surface area contributed by atoms with Crippen molar-refractivity contribution in [2.24, 2.45) is 0 Å². The van der Waals surface area contributed by atoms with Crippen LogP contribution in [0, 0.1) is 0 Å². The predicted octanol–water partition coefficient (Wildman–Crippen LogP) is 5.36. The summed E-state index contributed by atoms with van der Waals surface area (Å²) in [5.74, 6) is -0.377. The Balaban J connectivity index is 1.78. The van der Waals surface area contributed by atoms with Crippen molar-refractivity contribution >= 4 is 22.6 Å². The van der Waals surface area contributed by atoms with Crippen LogP contribution in [0.15, 0.2) is 97.3 Å². The molecule has 1 aliphatic rings. The Morgan fingerprint density at radius 1 is 0.897 bits per heavy atom. The predicted molar refractivity (Wildman–Crippen MR) is 116 cm³/mol. The third kappa shape index (κ3) is 2.81. The first-order valence-corrected chi connectivity index (χ1v) is 9.56. The number of carbonyl (C=O) groups excluding carboxylic acids is 1. The van der Waals surface area contributed by atoms with Gasteiger partial charge in [-0.05, 0) is 29.1 Å². The van der Waals surface area contributed by atoms with Gasteiger partial charge in [-0.3, -0.25) is 0 Å². The third-order valence-electron chi connectivity index (χ3n) is 5.44. The van der Waals surface area contributed by atoms with Gasteiger partial charge in [-0.2, -0.15) is 0 Å². The van der Waals surface area contributed by atoms with E-state index in [2.05, 4.69) is 76.3 Å². The molecule has 5 rings (SSSR count). The van der Waals surface area contributed by atoms with Gasteiger partial charge < -0.3 is 14.2 Å². The summed E-state index contributed by atoms with van der Waals surface area (Å²) in [6, 6.07) is 27.2. The molecule has 1 unspecified atom stereocenters. The number of aromatic nitrogens is 1. The van der Waals surface area contributed by atoms with Gasteiger partial charge in [-0.15, -0.1) is 0 Å². The van der Waals surface area contributed by atoms with Crippen molar-refractivity contribution in [3.05, 3.63) is 103 Å². The van der Waals surface area contributed by atoms with Crippen molar-refractivity contribution in [3.8, 4) is 11.1 Å². The number of hydrogen-bond donors (Lipinski definition) is 0. The van der Waals surface area contributed by atoms with Crippen molar-refractivity contribution in [2.45, 2.75) is 6.17 Å². The first kappa shape index (κ1) is 17.3. The van der Waals surface area contributed by atoms with Gasteiger partial charge in [0.15, 0.2) is 0 Å². The zero-order valence-corrected chi connectivity index (χ0v) is 16.0. The highest BCUT2D eigenvalue weighted by atomic mass is 16.5. The van der Waals surface area contributed by atoms with E-state index in [1.54, 1.807) is 0 Å². The van der Waals surface area contributed by atoms with Crippen LogP contribution in [0.2, 0.25) is 0 Å². The van der Waals surface area contributed by atoms with Gasteiger partial charge in [0.25, 0.3) is 0 Å². The van der Waals surface area contributed by atoms with Crippen molar-refractivity contribution in [1.29, 1.82) is 0 Å². The first-order chi connectivity index (χ1) is 14.3. The highest BCUT2D eigenvalue weighted by Crippen LogP contribution is 2.46. The lowest BCUT2D eigenvalue weighted by atomic mass is 9.91. The summed E-state index contributed by atoms with van der Waals surface area (Å²) in [4.78, 5) is 14.0. The van der Waals surface area contributed by atoms with E-state index in [-0.39, 0.29) is 12.1 Å². The Morgan fingerprint density at radius 2 is 1.62 bits per heavy atom. The number of nitrogens with zero attached hydrogens (tertiary/aromatic N) is 2. The summed E-state index contributed by atoms with van der Waals surface area (Å²) < 4.78 is 7.09. The number of hydrogen-bond acceptors (Lipinski definition) is 3. The smallest absolute Gasteiger partial charge is 0.331 e. The minimum Gasteiger partial charge on any atom is -0.466 e. The molecule has 4 aromatic rings. The molecule has 4 nitrogen and oxygen atoms in total. The molecule has 3 aromatic carbocycles. The van der Waals surface area contributed by atoms with E-state index in [0.29, 0.717) is 0 Å². The molecule has 0 N–H and O–H groups in total. The number of fused-ring (bicyclic) bond motifs is 4. The second-order valence-corrected chi connectivity index (χ2v) is 7.01. The summed E-state index contributed by atoms with van der Waals surface area (Å²) in [7, 11) is 1.39. The molecule has 0 saturated carbocycles. The molecule has 0 spiro atoms. The molecule has 142 valence electrons. The Morgan fingerprint density at radius 3 is 2.48 bits per heavy atom. The van der Waals surface area contributed by atoms with Gasteiger partial charge in [0.05, 0.1) is 18.3 Å². The minimum atomic E-state index is -0.377. The van der Waals surface area contributed by atoms with Crippen LogP contribution in [0.1, 0.15) is 11.7 Å². The molecule has 2 heterocycles. The topological polar surface area (TPSA) is 34.5 Å². The fraction of sp³-hybridized carbons (Fsp3) is 0.0800. The Hall–Kier alpha value is -3.79. The van der Waals surface area contributed by atoms with Crippen LogP contribution in [0.3, 0.4) is 0 Å². The zero-order chi connectivity index (χ0) is 19.8. The van der Waals surface area contributed by atoms with Gasteiger partial charge in [-0.25, -0.2) is 4.79 Å². The molecule has 1 atom stereocenters. The van der Waals surface area contributed by atoms with E-state index in [1.165, 1.54) is 29.7 Å². The van der Waals surface area contributed by atoms with E-state index in [4.69, 9.17) is 4.74 Å². The average Bonchev–Trinajstić information content (AvgIpc) is 3.20. The highest BCUT2D eigenvalue weighted by Gasteiger charge is 2.31. The summed E-state index contributed by atoms with van der Waals surface area (Å²) >= 11 is 0. The molecule has 1 aliphatic heterocycles. The molecular formula is C25H20N2O2. The van der Waals surface area contributed by atoms with Gasteiger partial charge in [0, 0.05) is 29.6 Å². The van der Waals surface area contributed by atoms with E-state index in [9.17, 15) is 4.79 Å². The van der Waals surface area contributed by atoms with Gasteiger partial charge in [-0.1, -0.05) is 60.7 Å². The summed E-state index contributed by atoms with van der Waals surface area (Å²) in [5, 5.41) is 1.18. The van der Waals surface area contributed by atoms with Crippen molar-refractivity contribution in [1.82, 2.24) is 4.57 Å². The maximum absolute atomic E-state index is 11.9. The van der Waals surface area contributed by atoms with Crippen molar-refractivity contribution in [3.63, 3.8) is 0 Å². The molecule has 0 radical (unpaired) electrons. The van der Waals surface area contributed by atoms with Crippen LogP contribution in [0.5, 0.6) is 0 Å². The average molecular weight is 380 g/mol. The molecule has 0 bridgehead atoms. The molecule has 1 aromatic heterocycles. The second-order valence-electron chi connectivity index (χ2n) is 7.01. The number of ether oxygens (including phenoxy) is 1. The quantitative estimate of drug-likeness (QED) is 0.354. The number of para-hydroxylation sites is 2. The van der Waals surface area contributed by atoms with Crippen LogP contribution >= 0.6 is 0 Å². The number of benzene rings is 3. The highest BCUT2D eigenvalue weighted by molar-refractivity contribution is 5.88. The Kier molecular flexibility index (Phi) is 4.17. The number of anilines is 1. The Labute approximate surface area is 169 Å². The van der Waals surface area contributed by atoms with Crippen LogP contribution in [-0.4, -0.2) is 17.6 Å². The second kappa shape index (κ2) is 6.99. The monoisotopic (exact) mass is 380 g/mol. The van der Waals surface area contributed by atoms with Gasteiger partial charge >= 0.3 is 5.97 Å². The maximum atomic E-state index is 11.9. The lowest BCUT2D eigenvalue weighted by Crippen LogP contribution is -2.32. The lowest BCUT2D eigenvalue weighted by Gasteiger charge is -2.39. The molecule has 29 heavy (non-hydrogen) atoms. The largest absolute Gasteiger partial charge is 0.466 e. The van der Waals surface area contributed by atoms with Gasteiger partial charge in [0.1, 0.15) is 6.17 Å². The summed E-state index contributed by atoms with van der Waals surface area (Å²) in [6.45, 7) is 0. The van der Waals surface area contributed by atoms with Crippen LogP contribution in [-0.2, 0) is 9.53 Å². The molecule has 0 amide bonds. The number of esters is 1. The standard InChI is InChI=1S/C25H20N2O2/c1-29-24(28)15-17-27-23-13-7-5-10-20(23)19-9-3-4-11-21(19)25(27)26-16-14-18-8-2-6-12-22(18)26/h2-17,25H,1H3/b17-15+. The number of rotatable bonds is 3. The Bertz CT molecular complexity index is 1240. The van der Waals surface area contributed by atoms with Crippen LogP contribution < -0.4 is 4.90 Å². The normalized spacial score (nSPS) is 15.3. The third-order valence-corrected chi connectivity index (χ3v) is 5.44. The fourth-order valence-corrected chi connectivity index (χ4v) is 4.15. The molecule has 0 aliphatic carbocycles. The van der Waals surface area contributed by atoms with E-state index < -0.39 is 0 Å². The van der Waals surface area contributed by atoms with E-state index in [0.717, 1.165) is 16.8 Å². The fourth-order valence-electron chi connectivity index (χ4n) is 4.15. The zero-order valence-electron chi connectivity index (χ0n) is 16.0. The van der Waals surface area contributed by atoms with Gasteiger partial charge in [0.2, 0.25) is 0 Å². The van der Waals surface area contributed by atoms with Crippen molar-refractivity contribution in [2.75, 3.05) is 12.0 Å². The summed E-state index contributed by atoms with van der Waals surface area (Å²) in [5.41, 5.74) is 5.72. The van der Waals surface area contributed by atoms with Crippen molar-refractivity contribution < 1.29 is 9.53 Å². The van der Waals surface area contributed by atoms with Crippen LogP contribution in [0.4, 0.5) is 5.69 Å². The molecule has 0 saturated heterocycles. The molecular weight excluding hydrogens is 360 g/mol. The SMILES string of the molecule is COC(=O)/C=C/N1c2ccccc2-c2ccccc2C1n1ccc2ccccc21. The lowest BCUT2D eigenvalue weighted by molar-refractivity contribution is -0.134. The summed E-state index contributed by atoms with van der Waals surface area (Å²) in [6.07, 6.45) is 5.28. The molecule has 0 fully saturated rings.